The Morgan fingerprint density at radius 3 is 2.52 bits per heavy atom. The van der Waals surface area contributed by atoms with Gasteiger partial charge in [-0.2, -0.15) is 5.10 Å². The number of thiocarbonyl (C=S) groups is 1. The van der Waals surface area contributed by atoms with Crippen molar-refractivity contribution in [2.45, 2.75) is 11.4 Å². The van der Waals surface area contributed by atoms with E-state index < -0.39 is 10.0 Å². The zero-order chi connectivity index (χ0) is 23.6. The molecule has 0 unspecified atom stereocenters. The largest absolute Gasteiger partial charge is 0.331 e. The molecule has 4 N–H and O–H groups in total. The predicted molar refractivity (Wildman–Crippen MR) is 135 cm³/mol. The van der Waals surface area contributed by atoms with Gasteiger partial charge in [0.25, 0.3) is 5.91 Å². The summed E-state index contributed by atoms with van der Waals surface area (Å²) in [7, 11) is -3.85. The number of hydrogen-bond donors (Lipinski definition) is 3. The average Bonchev–Trinajstić information content (AvgIpc) is 3.04. The lowest BCUT2D eigenvalue weighted by atomic mass is 10.1. The van der Waals surface area contributed by atoms with E-state index in [-0.39, 0.29) is 21.6 Å². The zero-order valence-corrected chi connectivity index (χ0v) is 20.2. The average molecular weight is 544 g/mol. The second-order valence-corrected chi connectivity index (χ2v) is 9.94. The SMILES string of the molecule is NS(=O)(=O)c1cccc(NC(=S)NN=C2C(=O)N(Cc3ccccc3)c3c(Br)cccc32)c1. The molecule has 0 spiro atoms. The third-order valence-corrected chi connectivity index (χ3v) is 6.58. The number of anilines is 2. The topological polar surface area (TPSA) is 117 Å². The first-order valence-corrected chi connectivity index (χ1v) is 12.4. The van der Waals surface area contributed by atoms with Gasteiger partial charge < -0.3 is 10.2 Å². The summed E-state index contributed by atoms with van der Waals surface area (Å²) in [5, 5.41) is 12.3. The number of primary sulfonamides is 1. The molecule has 1 heterocycles. The molecule has 0 bridgehead atoms. The number of hydrogen-bond acceptors (Lipinski definition) is 5. The number of rotatable bonds is 5. The van der Waals surface area contributed by atoms with Gasteiger partial charge in [-0.25, -0.2) is 13.6 Å². The summed E-state index contributed by atoms with van der Waals surface area (Å²) in [6.45, 7) is 0.386. The monoisotopic (exact) mass is 543 g/mol. The maximum atomic E-state index is 13.2. The first-order chi connectivity index (χ1) is 15.7. The summed E-state index contributed by atoms with van der Waals surface area (Å²) in [6, 6.07) is 21.1. The number of sulfonamides is 1. The van der Waals surface area contributed by atoms with Crippen molar-refractivity contribution in [3.63, 3.8) is 0 Å². The molecular weight excluding hydrogens is 526 g/mol. The summed E-state index contributed by atoms with van der Waals surface area (Å²) in [5.41, 5.74) is 5.66. The van der Waals surface area contributed by atoms with Crippen molar-refractivity contribution in [1.82, 2.24) is 5.43 Å². The van der Waals surface area contributed by atoms with Gasteiger partial charge in [0.2, 0.25) is 10.0 Å². The van der Waals surface area contributed by atoms with Crippen LogP contribution in [0.4, 0.5) is 11.4 Å². The van der Waals surface area contributed by atoms with Gasteiger partial charge in [-0.3, -0.25) is 10.2 Å². The van der Waals surface area contributed by atoms with Gasteiger partial charge in [0, 0.05) is 15.7 Å². The summed E-state index contributed by atoms with van der Waals surface area (Å²) >= 11 is 8.80. The minimum absolute atomic E-state index is 0.0529. The molecule has 11 heteroatoms. The van der Waals surface area contributed by atoms with Crippen LogP contribution < -0.4 is 20.8 Å². The molecule has 3 aromatic rings. The zero-order valence-electron chi connectivity index (χ0n) is 17.0. The molecule has 33 heavy (non-hydrogen) atoms. The summed E-state index contributed by atoms with van der Waals surface area (Å²) < 4.78 is 23.9. The number of carbonyl (C=O) groups is 1. The lowest BCUT2D eigenvalue weighted by molar-refractivity contribution is -0.112. The maximum Gasteiger partial charge on any atom is 0.279 e. The van der Waals surface area contributed by atoms with Crippen molar-refractivity contribution < 1.29 is 13.2 Å². The molecule has 0 radical (unpaired) electrons. The van der Waals surface area contributed by atoms with Gasteiger partial charge in [0.1, 0.15) is 0 Å². The number of benzene rings is 3. The quantitative estimate of drug-likeness (QED) is 0.335. The smallest absolute Gasteiger partial charge is 0.279 e. The molecule has 0 aromatic heterocycles. The van der Waals surface area contributed by atoms with Gasteiger partial charge in [-0.05, 0) is 58.0 Å². The van der Waals surface area contributed by atoms with Crippen LogP contribution >= 0.6 is 28.1 Å². The molecule has 4 rings (SSSR count). The third kappa shape index (κ3) is 5.11. The van der Waals surface area contributed by atoms with Crippen molar-refractivity contribution in [2.24, 2.45) is 10.2 Å². The molecule has 0 saturated heterocycles. The molecular formula is C22H18BrN5O3S2. The van der Waals surface area contributed by atoms with Crippen LogP contribution in [0.5, 0.6) is 0 Å². The summed E-state index contributed by atoms with van der Waals surface area (Å²) in [6.07, 6.45) is 0. The Morgan fingerprint density at radius 2 is 1.79 bits per heavy atom. The second-order valence-electron chi connectivity index (χ2n) is 7.11. The Labute approximate surface area is 204 Å². The van der Waals surface area contributed by atoms with Crippen molar-refractivity contribution in [1.29, 1.82) is 0 Å². The second kappa shape index (κ2) is 9.40. The minimum Gasteiger partial charge on any atom is -0.331 e. The van der Waals surface area contributed by atoms with Crippen LogP contribution in [0.2, 0.25) is 0 Å². The predicted octanol–water partition coefficient (Wildman–Crippen LogP) is 3.33. The highest BCUT2D eigenvalue weighted by molar-refractivity contribution is 9.10. The van der Waals surface area contributed by atoms with Crippen LogP contribution in [0.3, 0.4) is 0 Å². The highest BCUT2D eigenvalue weighted by atomic mass is 79.9. The Bertz CT molecular complexity index is 1380. The molecule has 1 amide bonds. The number of nitrogens with zero attached hydrogens (tertiary/aromatic N) is 2. The number of halogens is 1. The van der Waals surface area contributed by atoms with E-state index >= 15 is 0 Å². The molecule has 0 atom stereocenters. The van der Waals surface area contributed by atoms with Gasteiger partial charge in [0.05, 0.1) is 17.1 Å². The van der Waals surface area contributed by atoms with Crippen LogP contribution in [0.1, 0.15) is 11.1 Å². The fourth-order valence-corrected chi connectivity index (χ4v) is 4.67. The van der Waals surface area contributed by atoms with Gasteiger partial charge >= 0.3 is 0 Å². The Morgan fingerprint density at radius 1 is 1.06 bits per heavy atom. The first-order valence-electron chi connectivity index (χ1n) is 9.66. The van der Waals surface area contributed by atoms with E-state index in [1.54, 1.807) is 11.0 Å². The molecule has 0 fully saturated rings. The van der Waals surface area contributed by atoms with E-state index in [0.29, 0.717) is 17.8 Å². The van der Waals surface area contributed by atoms with Gasteiger partial charge in [-0.1, -0.05) is 48.5 Å². The number of nitrogens with two attached hydrogens (primary N) is 1. The Kier molecular flexibility index (Phi) is 6.56. The van der Waals surface area contributed by atoms with E-state index in [0.717, 1.165) is 15.7 Å². The fraction of sp³-hybridized carbons (Fsp3) is 0.0455. The highest BCUT2D eigenvalue weighted by Gasteiger charge is 2.35. The molecule has 168 valence electrons. The Balaban J connectivity index is 1.56. The Hall–Kier alpha value is -3.12. The van der Waals surface area contributed by atoms with Crippen LogP contribution in [-0.2, 0) is 21.4 Å². The van der Waals surface area contributed by atoms with E-state index in [1.165, 1.54) is 18.2 Å². The van der Waals surface area contributed by atoms with Gasteiger partial charge in [0.15, 0.2) is 10.8 Å². The van der Waals surface area contributed by atoms with Crippen molar-refractivity contribution in [3.05, 3.63) is 88.4 Å². The van der Waals surface area contributed by atoms with E-state index in [9.17, 15) is 13.2 Å². The minimum atomic E-state index is -3.85. The van der Waals surface area contributed by atoms with E-state index in [2.05, 4.69) is 31.8 Å². The molecule has 1 aliphatic rings. The highest BCUT2D eigenvalue weighted by Crippen LogP contribution is 2.37. The summed E-state index contributed by atoms with van der Waals surface area (Å²) in [5.74, 6) is -0.271. The number of hydrazone groups is 1. The molecule has 3 aromatic carbocycles. The van der Waals surface area contributed by atoms with E-state index in [1.807, 2.05) is 48.5 Å². The molecule has 1 aliphatic heterocycles. The molecule has 0 aliphatic carbocycles. The number of amides is 1. The van der Waals surface area contributed by atoms with E-state index in [4.69, 9.17) is 17.4 Å². The lowest BCUT2D eigenvalue weighted by Gasteiger charge is -2.18. The molecule has 0 saturated carbocycles. The summed E-state index contributed by atoms with van der Waals surface area (Å²) in [4.78, 5) is 14.8. The maximum absolute atomic E-state index is 13.2. The lowest BCUT2D eigenvalue weighted by Crippen LogP contribution is -2.32. The number of carbonyl (C=O) groups excluding carboxylic acids is 1. The van der Waals surface area contributed by atoms with Crippen LogP contribution in [-0.4, -0.2) is 25.1 Å². The number of fused-ring (bicyclic) bond motifs is 1. The van der Waals surface area contributed by atoms with Crippen LogP contribution in [0.15, 0.2) is 87.3 Å². The van der Waals surface area contributed by atoms with Crippen molar-refractivity contribution >= 4 is 66.3 Å². The molecule has 8 nitrogen and oxygen atoms in total. The van der Waals surface area contributed by atoms with Crippen molar-refractivity contribution in [2.75, 3.05) is 10.2 Å². The van der Waals surface area contributed by atoms with Crippen LogP contribution in [0.25, 0.3) is 0 Å². The fourth-order valence-electron chi connectivity index (χ4n) is 3.37. The first kappa shape index (κ1) is 23.1. The number of nitrogens with one attached hydrogen (secondary N) is 2. The van der Waals surface area contributed by atoms with Crippen LogP contribution in [0, 0.1) is 0 Å². The van der Waals surface area contributed by atoms with Gasteiger partial charge in [-0.15, -0.1) is 0 Å². The normalized spacial score (nSPS) is 14.3. The standard InChI is InChI=1S/C22H18BrN5O3S2/c23-18-11-5-10-17-19(21(29)28(20(17)18)13-14-6-2-1-3-7-14)26-27-22(32)25-15-8-4-9-16(12-15)33(24,30)31/h1-12H,13H2,(H2,24,30,31)(H2,25,27,32). The third-order valence-electron chi connectivity index (χ3n) is 4.83. The number of para-hydroxylation sites is 1. The van der Waals surface area contributed by atoms with Crippen molar-refractivity contribution in [3.8, 4) is 0 Å².